The Morgan fingerprint density at radius 1 is 0.818 bits per heavy atom. The largest absolute Gasteiger partial charge is 0.0800 e. The van der Waals surface area contributed by atoms with E-state index in [9.17, 15) is 0 Å². The maximum absolute atomic E-state index is 2.41. The molecule has 0 heteroatoms. The van der Waals surface area contributed by atoms with Gasteiger partial charge in [-0.05, 0) is 17.5 Å². The Kier molecular flexibility index (Phi) is 0.894. The molecule has 1 aromatic rings. The summed E-state index contributed by atoms with van der Waals surface area (Å²) in [5, 5.41) is 0. The van der Waals surface area contributed by atoms with E-state index in [2.05, 4.69) is 42.8 Å². The fourth-order valence-corrected chi connectivity index (χ4v) is 2.12. The van der Waals surface area contributed by atoms with Gasteiger partial charge in [-0.2, -0.15) is 0 Å². The molecule has 53 valence electrons. The van der Waals surface area contributed by atoms with E-state index in [1.54, 1.807) is 0 Å². The summed E-state index contributed by atoms with van der Waals surface area (Å²) in [5.74, 6) is 1.24. The van der Waals surface area contributed by atoms with Crippen molar-refractivity contribution in [3.8, 4) is 0 Å². The zero-order valence-electron chi connectivity index (χ0n) is 6.20. The van der Waals surface area contributed by atoms with E-state index in [4.69, 9.17) is 0 Å². The van der Waals surface area contributed by atoms with Gasteiger partial charge in [-0.1, -0.05) is 36.4 Å². The van der Waals surface area contributed by atoms with Crippen LogP contribution in [-0.4, -0.2) is 0 Å². The lowest BCUT2D eigenvalue weighted by Crippen LogP contribution is -1.90. The van der Waals surface area contributed by atoms with E-state index in [1.807, 2.05) is 0 Å². The van der Waals surface area contributed by atoms with Gasteiger partial charge in [0.05, 0.1) is 0 Å². The maximum atomic E-state index is 2.41. The highest BCUT2D eigenvalue weighted by atomic mass is 14.3. The molecular formula is C11H9. The predicted octanol–water partition coefficient (Wildman–Crippen LogP) is 2.64. The molecule has 11 heavy (non-hydrogen) atoms. The molecule has 0 spiro atoms. The molecule has 0 saturated carbocycles. The van der Waals surface area contributed by atoms with E-state index >= 15 is 0 Å². The van der Waals surface area contributed by atoms with Crippen LogP contribution in [0.25, 0.3) is 0 Å². The normalized spacial score (nSPS) is 30.9. The maximum Gasteiger partial charge on any atom is 0.00615 e. The van der Waals surface area contributed by atoms with Gasteiger partial charge >= 0.3 is 0 Å². The standard InChI is InChI=1S/C11H9/c1-2-4-11-9-6-5-8(7-9)10(11)3-1/h1-9H. The summed E-state index contributed by atoms with van der Waals surface area (Å²) in [4.78, 5) is 0. The minimum Gasteiger partial charge on any atom is -0.0800 e. The molecule has 2 unspecified atom stereocenters. The number of benzene rings is 1. The zero-order valence-corrected chi connectivity index (χ0v) is 6.20. The monoisotopic (exact) mass is 141 g/mol. The van der Waals surface area contributed by atoms with Crippen molar-refractivity contribution >= 4 is 0 Å². The third-order valence-electron chi connectivity index (χ3n) is 2.65. The molecule has 0 N–H and O–H groups in total. The van der Waals surface area contributed by atoms with Gasteiger partial charge in [0.1, 0.15) is 0 Å². The topological polar surface area (TPSA) is 0 Å². The van der Waals surface area contributed by atoms with E-state index in [0.717, 1.165) is 0 Å². The highest BCUT2D eigenvalue weighted by Crippen LogP contribution is 2.46. The molecule has 1 aromatic carbocycles. The molecule has 2 atom stereocenters. The van der Waals surface area contributed by atoms with Crippen LogP contribution >= 0.6 is 0 Å². The molecule has 0 fully saturated rings. The lowest BCUT2D eigenvalue weighted by atomic mass is 9.97. The fourth-order valence-electron chi connectivity index (χ4n) is 2.12. The van der Waals surface area contributed by atoms with Crippen molar-refractivity contribution in [3.63, 3.8) is 0 Å². The van der Waals surface area contributed by atoms with Crippen molar-refractivity contribution in [1.82, 2.24) is 0 Å². The summed E-state index contributed by atoms with van der Waals surface area (Å²) in [6.45, 7) is 0. The molecule has 1 radical (unpaired) electrons. The first-order chi connectivity index (χ1) is 5.45. The van der Waals surface area contributed by atoms with Gasteiger partial charge in [-0.3, -0.25) is 0 Å². The van der Waals surface area contributed by atoms with Crippen LogP contribution in [0, 0.1) is 6.42 Å². The molecule has 0 aliphatic heterocycles. The lowest BCUT2D eigenvalue weighted by molar-refractivity contribution is 1.03. The molecule has 3 rings (SSSR count). The van der Waals surface area contributed by atoms with Crippen molar-refractivity contribution in [3.05, 3.63) is 54.0 Å². The Balaban J connectivity index is 2.28. The second kappa shape index (κ2) is 1.76. The highest BCUT2D eigenvalue weighted by Gasteiger charge is 2.31. The van der Waals surface area contributed by atoms with Crippen molar-refractivity contribution in [2.24, 2.45) is 0 Å². The minimum absolute atomic E-state index is 0.621. The first-order valence-corrected chi connectivity index (χ1v) is 4.07. The third kappa shape index (κ3) is 0.597. The number of rotatable bonds is 0. The Labute approximate surface area is 66.6 Å². The molecule has 0 saturated heterocycles. The summed E-state index contributed by atoms with van der Waals surface area (Å²) < 4.78 is 0. The van der Waals surface area contributed by atoms with Gasteiger partial charge in [-0.25, -0.2) is 0 Å². The molecule has 2 bridgehead atoms. The minimum atomic E-state index is 0.621. The fraction of sp³-hybridized carbons (Fsp3) is 0.182. The van der Waals surface area contributed by atoms with Crippen LogP contribution in [0.1, 0.15) is 23.0 Å². The Hall–Kier alpha value is -1.04. The smallest absolute Gasteiger partial charge is 0.00615 e. The lowest BCUT2D eigenvalue weighted by Gasteiger charge is -2.07. The molecule has 0 amide bonds. The molecule has 2 aliphatic rings. The molecule has 2 aliphatic carbocycles. The van der Waals surface area contributed by atoms with Crippen molar-refractivity contribution < 1.29 is 0 Å². The van der Waals surface area contributed by atoms with Gasteiger partial charge in [0.15, 0.2) is 0 Å². The third-order valence-corrected chi connectivity index (χ3v) is 2.65. The van der Waals surface area contributed by atoms with Crippen LogP contribution in [0.15, 0.2) is 36.4 Å². The zero-order chi connectivity index (χ0) is 7.26. The van der Waals surface area contributed by atoms with Crippen LogP contribution in [0.4, 0.5) is 0 Å². The highest BCUT2D eigenvalue weighted by molar-refractivity contribution is 5.52. The second-order valence-corrected chi connectivity index (χ2v) is 3.26. The first kappa shape index (κ1) is 5.59. The predicted molar refractivity (Wildman–Crippen MR) is 45.4 cm³/mol. The van der Waals surface area contributed by atoms with Gasteiger partial charge in [-0.15, -0.1) is 0 Å². The van der Waals surface area contributed by atoms with Crippen LogP contribution < -0.4 is 0 Å². The Bertz CT molecular complexity index is 292. The molecule has 0 nitrogen and oxygen atoms in total. The summed E-state index contributed by atoms with van der Waals surface area (Å²) in [5.41, 5.74) is 3.03. The number of fused-ring (bicyclic) bond motifs is 5. The van der Waals surface area contributed by atoms with Crippen LogP contribution in [0.3, 0.4) is 0 Å². The second-order valence-electron chi connectivity index (χ2n) is 3.26. The number of allylic oxidation sites excluding steroid dienone is 2. The average molecular weight is 141 g/mol. The van der Waals surface area contributed by atoms with Gasteiger partial charge < -0.3 is 0 Å². The number of hydrogen-bond acceptors (Lipinski definition) is 0. The molecular weight excluding hydrogens is 132 g/mol. The Morgan fingerprint density at radius 2 is 1.36 bits per heavy atom. The number of hydrogen-bond donors (Lipinski definition) is 0. The summed E-state index contributed by atoms with van der Waals surface area (Å²) in [7, 11) is 0. The van der Waals surface area contributed by atoms with Crippen LogP contribution in [-0.2, 0) is 0 Å². The average Bonchev–Trinajstić information content (AvgIpc) is 2.64. The first-order valence-electron chi connectivity index (χ1n) is 4.07. The summed E-state index contributed by atoms with van der Waals surface area (Å²) >= 11 is 0. The van der Waals surface area contributed by atoms with E-state index in [-0.39, 0.29) is 0 Å². The van der Waals surface area contributed by atoms with Crippen molar-refractivity contribution in [1.29, 1.82) is 0 Å². The van der Waals surface area contributed by atoms with E-state index in [1.165, 1.54) is 11.1 Å². The molecule has 0 heterocycles. The van der Waals surface area contributed by atoms with Gasteiger partial charge in [0.2, 0.25) is 0 Å². The van der Waals surface area contributed by atoms with Gasteiger partial charge in [0, 0.05) is 11.8 Å². The summed E-state index contributed by atoms with van der Waals surface area (Å²) in [6, 6.07) is 8.72. The van der Waals surface area contributed by atoms with Crippen molar-refractivity contribution in [2.75, 3.05) is 0 Å². The van der Waals surface area contributed by atoms with Crippen LogP contribution in [0.2, 0.25) is 0 Å². The quantitative estimate of drug-likeness (QED) is 0.487. The van der Waals surface area contributed by atoms with Gasteiger partial charge in [0.25, 0.3) is 0 Å². The van der Waals surface area contributed by atoms with E-state index < -0.39 is 0 Å². The summed E-state index contributed by atoms with van der Waals surface area (Å²) in [6.07, 6.45) is 7.00. The van der Waals surface area contributed by atoms with E-state index in [0.29, 0.717) is 11.8 Å². The molecule has 0 aromatic heterocycles. The Morgan fingerprint density at radius 3 is 1.91 bits per heavy atom. The van der Waals surface area contributed by atoms with Crippen LogP contribution in [0.5, 0.6) is 0 Å². The van der Waals surface area contributed by atoms with Crippen molar-refractivity contribution in [2.45, 2.75) is 11.8 Å². The SMILES string of the molecule is [CH]1C2C=CC1c1ccccc12.